The second kappa shape index (κ2) is 6.87. The fraction of sp³-hybridized carbons (Fsp3) is 0.211. The van der Waals surface area contributed by atoms with Crippen LogP contribution in [0.25, 0.3) is 10.9 Å². The Morgan fingerprint density at radius 1 is 1.27 bits per heavy atom. The SMILES string of the molecule is Cc1ccc2c(c1)c(CCNc1ccc([N+](=O)[O-])cc1C(=O)O)cn2C. The van der Waals surface area contributed by atoms with E-state index in [0.29, 0.717) is 18.7 Å². The summed E-state index contributed by atoms with van der Waals surface area (Å²) in [5.74, 6) is -1.20. The van der Waals surface area contributed by atoms with E-state index in [1.165, 1.54) is 23.1 Å². The van der Waals surface area contributed by atoms with Gasteiger partial charge in [0.05, 0.1) is 10.5 Å². The number of fused-ring (bicyclic) bond motifs is 1. The van der Waals surface area contributed by atoms with E-state index in [1.807, 2.05) is 14.0 Å². The lowest BCUT2D eigenvalue weighted by molar-refractivity contribution is -0.384. The third kappa shape index (κ3) is 3.37. The molecule has 1 heterocycles. The number of hydrogen-bond acceptors (Lipinski definition) is 4. The number of anilines is 1. The van der Waals surface area contributed by atoms with E-state index in [0.717, 1.165) is 17.1 Å². The molecule has 0 unspecified atom stereocenters. The average molecular weight is 353 g/mol. The highest BCUT2D eigenvalue weighted by molar-refractivity contribution is 5.95. The topological polar surface area (TPSA) is 97.4 Å². The Bertz CT molecular complexity index is 1010. The van der Waals surface area contributed by atoms with E-state index in [4.69, 9.17) is 0 Å². The second-order valence-electron chi connectivity index (χ2n) is 6.25. The van der Waals surface area contributed by atoms with Crippen LogP contribution < -0.4 is 5.32 Å². The molecule has 2 N–H and O–H groups in total. The summed E-state index contributed by atoms with van der Waals surface area (Å²) in [5.41, 5.74) is 3.52. The van der Waals surface area contributed by atoms with Crippen molar-refractivity contribution in [2.75, 3.05) is 11.9 Å². The first-order valence-corrected chi connectivity index (χ1v) is 8.17. The van der Waals surface area contributed by atoms with Crippen molar-refractivity contribution in [1.29, 1.82) is 0 Å². The number of nitro groups is 1. The Hall–Kier alpha value is -3.35. The average Bonchev–Trinajstić information content (AvgIpc) is 2.90. The van der Waals surface area contributed by atoms with Crippen LogP contribution in [0.15, 0.2) is 42.6 Å². The molecular weight excluding hydrogens is 334 g/mol. The first-order valence-electron chi connectivity index (χ1n) is 8.17. The monoisotopic (exact) mass is 353 g/mol. The van der Waals surface area contributed by atoms with E-state index in [1.54, 1.807) is 0 Å². The van der Waals surface area contributed by atoms with Gasteiger partial charge in [0.25, 0.3) is 5.69 Å². The third-order valence-corrected chi connectivity index (χ3v) is 4.38. The van der Waals surface area contributed by atoms with Crippen LogP contribution in [0.5, 0.6) is 0 Å². The summed E-state index contributed by atoms with van der Waals surface area (Å²) in [6.07, 6.45) is 2.77. The van der Waals surface area contributed by atoms with E-state index in [2.05, 4.69) is 34.3 Å². The van der Waals surface area contributed by atoms with Gasteiger partial charge in [-0.25, -0.2) is 4.79 Å². The number of carbonyl (C=O) groups is 1. The highest BCUT2D eigenvalue weighted by Crippen LogP contribution is 2.24. The first-order chi connectivity index (χ1) is 12.4. The molecule has 3 rings (SSSR count). The zero-order chi connectivity index (χ0) is 18.8. The molecule has 3 aromatic rings. The number of carboxylic acid groups (broad SMARTS) is 1. The van der Waals surface area contributed by atoms with Crippen molar-refractivity contribution in [3.05, 3.63) is 69.4 Å². The van der Waals surface area contributed by atoms with Crippen LogP contribution in [0.3, 0.4) is 0 Å². The molecule has 134 valence electrons. The zero-order valence-electron chi connectivity index (χ0n) is 14.5. The van der Waals surface area contributed by atoms with Crippen molar-refractivity contribution in [2.45, 2.75) is 13.3 Å². The highest BCUT2D eigenvalue weighted by atomic mass is 16.6. The standard InChI is InChI=1S/C19H19N3O4/c1-12-3-6-18-15(9-12)13(11-21(18)2)7-8-20-17-5-4-14(22(25)26)10-16(17)19(23)24/h3-6,9-11,20H,7-8H2,1-2H3,(H,23,24). The van der Waals surface area contributed by atoms with Crippen LogP contribution >= 0.6 is 0 Å². The Morgan fingerprint density at radius 2 is 2.04 bits per heavy atom. The normalized spacial score (nSPS) is 10.8. The van der Waals surface area contributed by atoms with Crippen molar-refractivity contribution in [3.8, 4) is 0 Å². The maximum atomic E-state index is 11.4. The largest absolute Gasteiger partial charge is 0.478 e. The number of rotatable bonds is 6. The molecule has 0 radical (unpaired) electrons. The van der Waals surface area contributed by atoms with Gasteiger partial charge < -0.3 is 15.0 Å². The predicted octanol–water partition coefficient (Wildman–Crippen LogP) is 3.75. The molecule has 26 heavy (non-hydrogen) atoms. The lowest BCUT2D eigenvalue weighted by Gasteiger charge is -2.09. The Kier molecular flexibility index (Phi) is 4.62. The van der Waals surface area contributed by atoms with Crippen molar-refractivity contribution in [1.82, 2.24) is 4.57 Å². The van der Waals surface area contributed by atoms with Crippen molar-refractivity contribution >= 4 is 28.2 Å². The number of carboxylic acids is 1. The number of benzene rings is 2. The van der Waals surface area contributed by atoms with Gasteiger partial charge in [-0.1, -0.05) is 11.6 Å². The lowest BCUT2D eigenvalue weighted by Crippen LogP contribution is -2.10. The second-order valence-corrected chi connectivity index (χ2v) is 6.25. The Labute approximate surface area is 150 Å². The smallest absolute Gasteiger partial charge is 0.338 e. The number of non-ortho nitro benzene ring substituents is 1. The first kappa shape index (κ1) is 17.5. The van der Waals surface area contributed by atoms with Gasteiger partial charge in [-0.3, -0.25) is 10.1 Å². The summed E-state index contributed by atoms with van der Waals surface area (Å²) < 4.78 is 2.07. The van der Waals surface area contributed by atoms with Gasteiger partial charge in [0, 0.05) is 48.5 Å². The molecule has 0 atom stereocenters. The van der Waals surface area contributed by atoms with Gasteiger partial charge in [-0.05, 0) is 37.1 Å². The molecule has 0 aliphatic carbocycles. The number of aromatic carboxylic acids is 1. The molecular formula is C19H19N3O4. The minimum absolute atomic E-state index is 0.104. The van der Waals surface area contributed by atoms with Gasteiger partial charge in [-0.15, -0.1) is 0 Å². The summed E-state index contributed by atoms with van der Waals surface area (Å²) in [7, 11) is 1.99. The number of hydrogen-bond donors (Lipinski definition) is 2. The molecule has 0 saturated heterocycles. The molecule has 2 aromatic carbocycles. The van der Waals surface area contributed by atoms with Crippen molar-refractivity contribution < 1.29 is 14.8 Å². The molecule has 0 spiro atoms. The molecule has 0 saturated carbocycles. The molecule has 0 fully saturated rings. The van der Waals surface area contributed by atoms with Gasteiger partial charge in [0.1, 0.15) is 0 Å². The van der Waals surface area contributed by atoms with E-state index in [-0.39, 0.29) is 11.3 Å². The van der Waals surface area contributed by atoms with Gasteiger partial charge in [-0.2, -0.15) is 0 Å². The number of aromatic nitrogens is 1. The van der Waals surface area contributed by atoms with Crippen LogP contribution in [-0.4, -0.2) is 27.1 Å². The van der Waals surface area contributed by atoms with Crippen LogP contribution in [-0.2, 0) is 13.5 Å². The maximum Gasteiger partial charge on any atom is 0.338 e. The number of nitrogens with zero attached hydrogens (tertiary/aromatic N) is 2. The molecule has 7 heteroatoms. The van der Waals surface area contributed by atoms with E-state index < -0.39 is 10.9 Å². The number of nitrogens with one attached hydrogen (secondary N) is 1. The third-order valence-electron chi connectivity index (χ3n) is 4.38. The van der Waals surface area contributed by atoms with Crippen LogP contribution in [0, 0.1) is 17.0 Å². The van der Waals surface area contributed by atoms with Crippen LogP contribution in [0.1, 0.15) is 21.5 Å². The zero-order valence-corrected chi connectivity index (χ0v) is 14.5. The predicted molar refractivity (Wildman–Crippen MR) is 99.9 cm³/mol. The summed E-state index contributed by atoms with van der Waals surface area (Å²) >= 11 is 0. The Balaban J connectivity index is 1.79. The van der Waals surface area contributed by atoms with Crippen molar-refractivity contribution in [2.24, 2.45) is 7.05 Å². The molecule has 1 aromatic heterocycles. The maximum absolute atomic E-state index is 11.4. The summed E-state index contributed by atoms with van der Waals surface area (Å²) in [6.45, 7) is 2.57. The minimum atomic E-state index is -1.20. The van der Waals surface area contributed by atoms with Crippen LogP contribution in [0.2, 0.25) is 0 Å². The Morgan fingerprint density at radius 3 is 2.73 bits per heavy atom. The molecule has 0 aliphatic heterocycles. The van der Waals surface area contributed by atoms with Gasteiger partial charge >= 0.3 is 5.97 Å². The summed E-state index contributed by atoms with van der Waals surface area (Å²) in [6, 6.07) is 10.1. The van der Waals surface area contributed by atoms with E-state index in [9.17, 15) is 20.0 Å². The lowest BCUT2D eigenvalue weighted by atomic mass is 10.1. The van der Waals surface area contributed by atoms with Crippen LogP contribution in [0.4, 0.5) is 11.4 Å². The molecule has 0 bridgehead atoms. The summed E-state index contributed by atoms with van der Waals surface area (Å²) in [5, 5.41) is 24.4. The quantitative estimate of drug-likeness (QED) is 0.519. The molecule has 0 amide bonds. The summed E-state index contributed by atoms with van der Waals surface area (Å²) in [4.78, 5) is 21.6. The molecule has 0 aliphatic rings. The highest BCUT2D eigenvalue weighted by Gasteiger charge is 2.16. The van der Waals surface area contributed by atoms with Gasteiger partial charge in [0.15, 0.2) is 0 Å². The van der Waals surface area contributed by atoms with Crippen molar-refractivity contribution in [3.63, 3.8) is 0 Å². The minimum Gasteiger partial charge on any atom is -0.478 e. The van der Waals surface area contributed by atoms with E-state index >= 15 is 0 Å². The number of nitro benzene ring substituents is 1. The fourth-order valence-electron chi connectivity index (χ4n) is 3.10. The van der Waals surface area contributed by atoms with Gasteiger partial charge in [0.2, 0.25) is 0 Å². The number of aryl methyl sites for hydroxylation is 2. The molecule has 7 nitrogen and oxygen atoms in total. The fourth-order valence-corrected chi connectivity index (χ4v) is 3.10.